The van der Waals surface area contributed by atoms with Gasteiger partial charge in [-0.15, -0.1) is 11.3 Å². The fourth-order valence-electron chi connectivity index (χ4n) is 2.44. The van der Waals surface area contributed by atoms with Crippen LogP contribution in [0.1, 0.15) is 11.8 Å². The first kappa shape index (κ1) is 18.3. The fourth-order valence-corrected chi connectivity index (χ4v) is 4.18. The van der Waals surface area contributed by atoms with Crippen molar-refractivity contribution in [2.45, 2.75) is 11.5 Å². The minimum Gasteiger partial charge on any atom is -0.497 e. The number of sulfone groups is 1. The molecule has 0 unspecified atom stereocenters. The smallest absolute Gasteiger partial charge is 0.242 e. The molecular weight excluding hydrogens is 404 g/mol. The third-order valence-corrected chi connectivity index (χ3v) is 5.93. The van der Waals surface area contributed by atoms with Gasteiger partial charge in [0.05, 0.1) is 12.0 Å². The molecule has 4 rings (SSSR count). The van der Waals surface area contributed by atoms with Crippen LogP contribution in [-0.2, 0) is 21.3 Å². The van der Waals surface area contributed by atoms with Crippen molar-refractivity contribution in [3.8, 4) is 27.8 Å². The van der Waals surface area contributed by atoms with E-state index in [0.717, 1.165) is 4.88 Å². The zero-order valence-corrected chi connectivity index (χ0v) is 16.2. The molecule has 11 heteroatoms. The summed E-state index contributed by atoms with van der Waals surface area (Å²) >= 11 is 1.44. The molecule has 0 radical (unpaired) electrons. The van der Waals surface area contributed by atoms with Crippen LogP contribution in [0, 0.1) is 0 Å². The van der Waals surface area contributed by atoms with Crippen LogP contribution in [0.5, 0.6) is 5.75 Å². The van der Waals surface area contributed by atoms with Gasteiger partial charge in [-0.3, -0.25) is 0 Å². The van der Waals surface area contributed by atoms with Crippen molar-refractivity contribution >= 4 is 21.2 Å². The summed E-state index contributed by atoms with van der Waals surface area (Å²) in [5.74, 6) is 0.421. The number of methoxy groups -OCH3 is 1. The lowest BCUT2D eigenvalue weighted by molar-refractivity contribution is 0.384. The zero-order valence-electron chi connectivity index (χ0n) is 14.6. The van der Waals surface area contributed by atoms with Gasteiger partial charge in [-0.05, 0) is 23.6 Å². The van der Waals surface area contributed by atoms with E-state index in [0.29, 0.717) is 17.1 Å². The van der Waals surface area contributed by atoms with Crippen LogP contribution < -0.4 is 4.74 Å². The van der Waals surface area contributed by atoms with E-state index in [-0.39, 0.29) is 17.6 Å². The number of thiophene rings is 1. The molecular formula is C17H14N4O5S2. The van der Waals surface area contributed by atoms with Crippen molar-refractivity contribution in [2.75, 3.05) is 7.11 Å². The Morgan fingerprint density at radius 1 is 1.00 bits per heavy atom. The van der Waals surface area contributed by atoms with Gasteiger partial charge < -0.3 is 13.8 Å². The Morgan fingerprint density at radius 2 is 1.71 bits per heavy atom. The first-order valence-electron chi connectivity index (χ1n) is 8.06. The molecule has 0 saturated carbocycles. The molecule has 0 amide bonds. The lowest BCUT2D eigenvalue weighted by Crippen LogP contribution is -2.08. The van der Waals surface area contributed by atoms with Crippen molar-refractivity contribution < 1.29 is 22.2 Å². The number of benzene rings is 1. The van der Waals surface area contributed by atoms with Gasteiger partial charge in [0.1, 0.15) is 17.3 Å². The van der Waals surface area contributed by atoms with E-state index >= 15 is 0 Å². The van der Waals surface area contributed by atoms with Gasteiger partial charge in [0, 0.05) is 5.56 Å². The topological polar surface area (TPSA) is 121 Å². The van der Waals surface area contributed by atoms with Crippen LogP contribution in [0.3, 0.4) is 0 Å². The molecule has 0 aliphatic heterocycles. The van der Waals surface area contributed by atoms with Crippen molar-refractivity contribution in [3.05, 3.63) is 53.6 Å². The van der Waals surface area contributed by atoms with Crippen LogP contribution in [-0.4, -0.2) is 35.8 Å². The Morgan fingerprint density at radius 3 is 2.39 bits per heavy atom. The normalized spacial score (nSPS) is 11.6. The number of aromatic nitrogens is 4. The van der Waals surface area contributed by atoms with Gasteiger partial charge in [-0.2, -0.15) is 9.97 Å². The first-order chi connectivity index (χ1) is 13.5. The molecule has 0 bridgehead atoms. The molecule has 0 spiro atoms. The van der Waals surface area contributed by atoms with E-state index in [4.69, 9.17) is 13.8 Å². The van der Waals surface area contributed by atoms with E-state index < -0.39 is 21.3 Å². The highest BCUT2D eigenvalue weighted by atomic mass is 32.2. The predicted octanol–water partition coefficient (Wildman–Crippen LogP) is 2.97. The largest absolute Gasteiger partial charge is 0.497 e. The molecule has 0 N–H and O–H groups in total. The van der Waals surface area contributed by atoms with Gasteiger partial charge >= 0.3 is 0 Å². The third-order valence-electron chi connectivity index (χ3n) is 3.69. The van der Waals surface area contributed by atoms with Gasteiger partial charge in [-0.25, -0.2) is 8.42 Å². The van der Waals surface area contributed by atoms with E-state index in [1.165, 1.54) is 11.3 Å². The molecule has 4 aromatic rings. The number of rotatable bonds is 7. The summed E-state index contributed by atoms with van der Waals surface area (Å²) in [5, 5.41) is 9.51. The van der Waals surface area contributed by atoms with E-state index in [2.05, 4.69) is 20.3 Å². The highest BCUT2D eigenvalue weighted by Crippen LogP contribution is 2.23. The van der Waals surface area contributed by atoms with Crippen molar-refractivity contribution in [3.63, 3.8) is 0 Å². The summed E-state index contributed by atoms with van der Waals surface area (Å²) in [4.78, 5) is 9.07. The summed E-state index contributed by atoms with van der Waals surface area (Å²) in [5.41, 5.74) is 0.657. The number of nitrogens with zero attached hydrogens (tertiary/aromatic N) is 4. The summed E-state index contributed by atoms with van der Waals surface area (Å²) in [6, 6.07) is 10.7. The van der Waals surface area contributed by atoms with E-state index in [1.807, 2.05) is 17.5 Å². The SMILES string of the molecule is COc1cccc(-c2noc(CS(=O)(=O)Cc3nc(-c4cccs4)no3)n2)c1. The van der Waals surface area contributed by atoms with Crippen LogP contribution in [0.25, 0.3) is 22.1 Å². The van der Waals surface area contributed by atoms with Gasteiger partial charge in [0.25, 0.3) is 0 Å². The van der Waals surface area contributed by atoms with E-state index in [9.17, 15) is 8.42 Å². The minimum atomic E-state index is -3.64. The summed E-state index contributed by atoms with van der Waals surface area (Å²) in [6.07, 6.45) is 0. The summed E-state index contributed by atoms with van der Waals surface area (Å²) in [6.45, 7) is 0. The lowest BCUT2D eigenvalue weighted by Gasteiger charge is -1.99. The third kappa shape index (κ3) is 4.10. The van der Waals surface area contributed by atoms with Gasteiger partial charge in [0.2, 0.25) is 23.4 Å². The Labute approximate surface area is 163 Å². The zero-order chi connectivity index (χ0) is 19.6. The molecule has 144 valence electrons. The molecule has 0 aliphatic carbocycles. The maximum absolute atomic E-state index is 12.4. The summed E-state index contributed by atoms with van der Waals surface area (Å²) in [7, 11) is -2.09. The second-order valence-corrected chi connectivity index (χ2v) is 8.78. The van der Waals surface area contributed by atoms with Crippen molar-refractivity contribution in [2.24, 2.45) is 0 Å². The maximum atomic E-state index is 12.4. The molecule has 9 nitrogen and oxygen atoms in total. The second-order valence-electron chi connectivity index (χ2n) is 5.76. The lowest BCUT2D eigenvalue weighted by atomic mass is 10.2. The molecule has 1 aromatic carbocycles. The highest BCUT2D eigenvalue weighted by Gasteiger charge is 2.22. The van der Waals surface area contributed by atoms with Crippen molar-refractivity contribution in [1.82, 2.24) is 20.3 Å². The summed E-state index contributed by atoms with van der Waals surface area (Å²) < 4.78 is 40.2. The Bertz CT molecular complexity index is 1180. The van der Waals surface area contributed by atoms with Crippen LogP contribution in [0.4, 0.5) is 0 Å². The maximum Gasteiger partial charge on any atom is 0.242 e. The highest BCUT2D eigenvalue weighted by molar-refractivity contribution is 7.89. The Hall–Kier alpha value is -3.05. The quantitative estimate of drug-likeness (QED) is 0.446. The number of hydrogen-bond donors (Lipinski definition) is 0. The van der Waals surface area contributed by atoms with Gasteiger partial charge in [-0.1, -0.05) is 28.5 Å². The van der Waals surface area contributed by atoms with Crippen LogP contribution >= 0.6 is 11.3 Å². The molecule has 3 aromatic heterocycles. The predicted molar refractivity (Wildman–Crippen MR) is 100 cm³/mol. The monoisotopic (exact) mass is 418 g/mol. The first-order valence-corrected chi connectivity index (χ1v) is 10.8. The minimum absolute atomic E-state index is 0.0101. The van der Waals surface area contributed by atoms with Crippen LogP contribution in [0.15, 0.2) is 50.8 Å². The number of ether oxygens (including phenoxy) is 1. The Kier molecular flexibility index (Phi) is 4.92. The Balaban J connectivity index is 1.47. The molecule has 0 atom stereocenters. The average Bonchev–Trinajstić information content (AvgIpc) is 3.42. The molecule has 28 heavy (non-hydrogen) atoms. The molecule has 0 aliphatic rings. The van der Waals surface area contributed by atoms with Crippen molar-refractivity contribution in [1.29, 1.82) is 0 Å². The number of hydrogen-bond acceptors (Lipinski definition) is 10. The molecule has 0 fully saturated rings. The van der Waals surface area contributed by atoms with Gasteiger partial charge in [0.15, 0.2) is 9.84 Å². The second kappa shape index (κ2) is 7.52. The average molecular weight is 418 g/mol. The fraction of sp³-hybridized carbons (Fsp3) is 0.176. The van der Waals surface area contributed by atoms with E-state index in [1.54, 1.807) is 31.4 Å². The standard InChI is InChI=1S/C17H14N4O5S2/c1-24-12-5-2-4-11(8-12)16-18-14(25-20-16)9-28(22,23)10-15-19-17(21-26-15)13-6-3-7-27-13/h2-8H,9-10H2,1H3. The molecule has 0 saturated heterocycles. The molecule has 3 heterocycles. The van der Waals surface area contributed by atoms with Crippen LogP contribution in [0.2, 0.25) is 0 Å².